The van der Waals surface area contributed by atoms with Crippen molar-refractivity contribution in [3.63, 3.8) is 0 Å². The fourth-order valence-electron chi connectivity index (χ4n) is 4.55. The molecule has 0 saturated heterocycles. The van der Waals surface area contributed by atoms with Crippen molar-refractivity contribution in [1.29, 1.82) is 0 Å². The quantitative estimate of drug-likeness (QED) is 0.0783. The lowest BCUT2D eigenvalue weighted by atomic mass is 9.87. The molecule has 5 heteroatoms. The number of ketones is 1. The highest BCUT2D eigenvalue weighted by atomic mass is 16.5. The van der Waals surface area contributed by atoms with Crippen molar-refractivity contribution in [3.05, 3.63) is 23.8 Å². The molecule has 0 bridgehead atoms. The maximum Gasteiger partial charge on any atom is 0.317 e. The first kappa shape index (κ1) is 35.1. The Labute approximate surface area is 239 Å². The van der Waals surface area contributed by atoms with Gasteiger partial charge in [0.1, 0.15) is 0 Å². The number of unbranched alkanes of at least 4 members (excludes halogenated alkanes) is 11. The van der Waals surface area contributed by atoms with Crippen molar-refractivity contribution in [1.82, 2.24) is 5.32 Å². The number of carbonyl (C=O) groups is 2. The summed E-state index contributed by atoms with van der Waals surface area (Å²) >= 11 is 0. The average molecular weight is 546 g/mol. The molecule has 0 aliphatic carbocycles. The number of aromatic hydroxyl groups is 1. The number of hydrogen-bond acceptors (Lipinski definition) is 5. The average Bonchev–Trinajstić information content (AvgIpc) is 2.82. The van der Waals surface area contributed by atoms with Gasteiger partial charge in [0.25, 0.3) is 0 Å². The second-order valence-electron chi connectivity index (χ2n) is 14.3. The van der Waals surface area contributed by atoms with E-state index in [1.54, 1.807) is 6.07 Å². The Morgan fingerprint density at radius 2 is 1.18 bits per heavy atom. The molecule has 39 heavy (non-hydrogen) atoms. The third kappa shape index (κ3) is 16.7. The normalized spacial score (nSPS) is 12.5. The topological polar surface area (TPSA) is 75.6 Å². The summed E-state index contributed by atoms with van der Waals surface area (Å²) in [6.07, 6.45) is 17.5. The van der Waals surface area contributed by atoms with Crippen LogP contribution in [0.1, 0.15) is 156 Å². The van der Waals surface area contributed by atoms with Crippen LogP contribution in [0.3, 0.4) is 0 Å². The molecule has 0 radical (unpaired) electrons. The Hall–Kier alpha value is -1.88. The van der Waals surface area contributed by atoms with Crippen molar-refractivity contribution >= 4 is 11.8 Å². The largest absolute Gasteiger partial charge is 0.504 e. The lowest BCUT2D eigenvalue weighted by Crippen LogP contribution is -2.39. The summed E-state index contributed by atoms with van der Waals surface area (Å²) < 4.78 is 5.52. The summed E-state index contributed by atoms with van der Waals surface area (Å²) in [6.45, 7) is 16.9. The van der Waals surface area contributed by atoms with Crippen LogP contribution in [0.25, 0.3) is 0 Å². The summed E-state index contributed by atoms with van der Waals surface area (Å²) in [7, 11) is 0. The first-order valence-electron chi connectivity index (χ1n) is 15.4. The molecule has 0 heterocycles. The minimum atomic E-state index is -0.634. The Balaban J connectivity index is 2.21. The van der Waals surface area contributed by atoms with Gasteiger partial charge < -0.3 is 15.2 Å². The predicted molar refractivity (Wildman–Crippen MR) is 164 cm³/mol. The van der Waals surface area contributed by atoms with Crippen molar-refractivity contribution in [3.8, 4) is 11.5 Å². The van der Waals surface area contributed by atoms with Crippen LogP contribution in [0, 0.1) is 10.8 Å². The van der Waals surface area contributed by atoms with Crippen molar-refractivity contribution in [2.75, 3.05) is 6.54 Å². The van der Waals surface area contributed by atoms with Gasteiger partial charge in [-0.25, -0.2) is 0 Å². The highest BCUT2D eigenvalue weighted by Crippen LogP contribution is 2.32. The first-order valence-corrected chi connectivity index (χ1v) is 15.4. The van der Waals surface area contributed by atoms with Crippen molar-refractivity contribution < 1.29 is 19.4 Å². The number of carbonyl (C=O) groups excluding carboxylic acids is 2. The van der Waals surface area contributed by atoms with E-state index in [0.717, 1.165) is 19.3 Å². The van der Waals surface area contributed by atoms with Crippen LogP contribution in [-0.4, -0.2) is 28.9 Å². The van der Waals surface area contributed by atoms with Crippen LogP contribution < -0.4 is 10.1 Å². The molecule has 0 aromatic heterocycles. The maximum absolute atomic E-state index is 12.8. The Kier molecular flexibility index (Phi) is 15.4. The van der Waals surface area contributed by atoms with Crippen LogP contribution in [0.15, 0.2) is 18.2 Å². The minimum absolute atomic E-state index is 0.0957. The van der Waals surface area contributed by atoms with Crippen LogP contribution in [0.2, 0.25) is 0 Å². The number of esters is 1. The molecule has 1 aromatic rings. The zero-order chi connectivity index (χ0) is 29.5. The summed E-state index contributed by atoms with van der Waals surface area (Å²) in [5.41, 5.74) is 0.0488. The van der Waals surface area contributed by atoms with E-state index in [4.69, 9.17) is 4.74 Å². The van der Waals surface area contributed by atoms with Gasteiger partial charge in [-0.05, 0) is 71.1 Å². The van der Waals surface area contributed by atoms with Gasteiger partial charge in [-0.15, -0.1) is 0 Å². The highest BCUT2D eigenvalue weighted by Gasteiger charge is 2.30. The number of hydrogen-bond donors (Lipinski definition) is 2. The molecule has 2 N–H and O–H groups in total. The van der Waals surface area contributed by atoms with Gasteiger partial charge in [0.2, 0.25) is 0 Å². The number of ether oxygens (including phenoxy) is 1. The Morgan fingerprint density at radius 3 is 1.62 bits per heavy atom. The van der Waals surface area contributed by atoms with Crippen LogP contribution in [0.4, 0.5) is 0 Å². The van der Waals surface area contributed by atoms with E-state index >= 15 is 0 Å². The molecule has 0 unspecified atom stereocenters. The molecule has 1 aromatic carbocycles. The molecule has 0 spiro atoms. The zero-order valence-electron chi connectivity index (χ0n) is 26.5. The van der Waals surface area contributed by atoms with E-state index in [9.17, 15) is 14.7 Å². The number of rotatable bonds is 19. The van der Waals surface area contributed by atoms with Crippen LogP contribution >= 0.6 is 0 Å². The molecule has 0 fully saturated rings. The van der Waals surface area contributed by atoms with E-state index in [0.29, 0.717) is 11.0 Å². The molecular weight excluding hydrogens is 486 g/mol. The number of Topliss-reactive ketones (excluding diaryl/α,β-unsaturated/α-hetero) is 1. The minimum Gasteiger partial charge on any atom is -0.504 e. The fourth-order valence-corrected chi connectivity index (χ4v) is 4.55. The van der Waals surface area contributed by atoms with Gasteiger partial charge in [-0.3, -0.25) is 9.59 Å². The van der Waals surface area contributed by atoms with E-state index in [1.165, 1.54) is 82.8 Å². The second kappa shape index (κ2) is 17.0. The predicted octanol–water partition coefficient (Wildman–Crippen LogP) is 9.40. The molecule has 0 saturated carbocycles. The smallest absolute Gasteiger partial charge is 0.317 e. The summed E-state index contributed by atoms with van der Waals surface area (Å²) in [6, 6.07) is 4.47. The summed E-state index contributed by atoms with van der Waals surface area (Å²) in [5.74, 6) is -0.579. The van der Waals surface area contributed by atoms with Gasteiger partial charge in [-0.1, -0.05) is 97.8 Å². The highest BCUT2D eigenvalue weighted by molar-refractivity contribution is 5.98. The lowest BCUT2D eigenvalue weighted by Gasteiger charge is -2.22. The summed E-state index contributed by atoms with van der Waals surface area (Å²) in [5, 5.41) is 13.5. The van der Waals surface area contributed by atoms with E-state index in [-0.39, 0.29) is 35.3 Å². The van der Waals surface area contributed by atoms with Crippen molar-refractivity contribution in [2.45, 2.75) is 151 Å². The van der Waals surface area contributed by atoms with E-state index < -0.39 is 5.41 Å². The Morgan fingerprint density at radius 1 is 0.718 bits per heavy atom. The number of benzene rings is 1. The molecule has 0 aliphatic heterocycles. The summed E-state index contributed by atoms with van der Waals surface area (Å²) in [4.78, 5) is 25.2. The number of phenols is 1. The van der Waals surface area contributed by atoms with E-state index in [1.807, 2.05) is 34.6 Å². The number of nitrogens with one attached hydrogen (secondary N) is 1. The molecule has 1 rings (SSSR count). The van der Waals surface area contributed by atoms with Crippen molar-refractivity contribution in [2.24, 2.45) is 10.8 Å². The molecule has 0 atom stereocenters. The fraction of sp³-hybridized carbons (Fsp3) is 0.765. The van der Waals surface area contributed by atoms with Gasteiger partial charge >= 0.3 is 5.97 Å². The van der Waals surface area contributed by atoms with Gasteiger partial charge in [0, 0.05) is 11.1 Å². The van der Waals surface area contributed by atoms with Gasteiger partial charge in [-0.2, -0.15) is 0 Å². The van der Waals surface area contributed by atoms with Crippen LogP contribution in [0.5, 0.6) is 11.5 Å². The van der Waals surface area contributed by atoms with E-state index in [2.05, 4.69) is 26.1 Å². The lowest BCUT2D eigenvalue weighted by molar-refractivity contribution is -0.144. The van der Waals surface area contributed by atoms with Crippen LogP contribution in [-0.2, 0) is 4.79 Å². The van der Waals surface area contributed by atoms with Gasteiger partial charge in [0.15, 0.2) is 17.3 Å². The third-order valence-corrected chi connectivity index (χ3v) is 7.29. The molecule has 0 amide bonds. The molecule has 5 nitrogen and oxygen atoms in total. The molecular formula is C34H59NO4. The standard InChI is InChI=1S/C34H59NO4/c1-32(2,3)23-19-17-15-13-11-9-10-12-14-16-18-20-24-34(7,8)31(38)39-30-22-21-27(25-28(30)36)29(37)26-35-33(4,5)6/h21-22,25,35-36H,9-20,23-24,26H2,1-8H3. The number of phenolic OH excluding ortho intramolecular Hbond substituents is 1. The Bertz CT molecular complexity index is 861. The third-order valence-electron chi connectivity index (χ3n) is 7.29. The molecule has 0 aliphatic rings. The maximum atomic E-state index is 12.8. The SMILES string of the molecule is CC(C)(C)CCCCCCCCCCCCCCC(C)(C)C(=O)Oc1ccc(C(=O)CNC(C)(C)C)cc1O. The zero-order valence-corrected chi connectivity index (χ0v) is 26.5. The second-order valence-corrected chi connectivity index (χ2v) is 14.3. The monoisotopic (exact) mass is 545 g/mol. The first-order chi connectivity index (χ1) is 18.1. The van der Waals surface area contributed by atoms with Gasteiger partial charge in [0.05, 0.1) is 12.0 Å². The molecule has 224 valence electrons.